The van der Waals surface area contributed by atoms with E-state index in [1.165, 1.54) is 0 Å². The van der Waals surface area contributed by atoms with E-state index in [0.717, 1.165) is 84.7 Å². The number of carbonyl (C=O) groups excluding carboxylic acids is 5. The molecule has 0 saturated heterocycles. The van der Waals surface area contributed by atoms with Gasteiger partial charge in [-0.15, -0.1) is 0 Å². The van der Waals surface area contributed by atoms with Gasteiger partial charge in [0, 0.05) is 64.1 Å². The number of allylic oxidation sites excluding steroid dienone is 2. The minimum absolute atomic E-state index is 0.00189. The van der Waals surface area contributed by atoms with Crippen LogP contribution in [0.15, 0.2) is 66.7 Å². The monoisotopic (exact) mass is 900 g/mol. The van der Waals surface area contributed by atoms with Crippen molar-refractivity contribution in [1.29, 1.82) is 0 Å². The predicted molar refractivity (Wildman–Crippen MR) is 262 cm³/mol. The Morgan fingerprint density at radius 1 is 0.508 bits per heavy atom. The molecule has 0 fully saturated rings. The summed E-state index contributed by atoms with van der Waals surface area (Å²) in [6.45, 7) is 19.2. The number of hydrogen-bond acceptors (Lipinski definition) is 8. The summed E-state index contributed by atoms with van der Waals surface area (Å²) in [6, 6.07) is 16.0. The van der Waals surface area contributed by atoms with E-state index in [9.17, 15) is 39.3 Å². The first-order valence-corrected chi connectivity index (χ1v) is 23.6. The Morgan fingerprint density at radius 2 is 0.877 bits per heavy atom. The van der Waals surface area contributed by atoms with Crippen LogP contribution in [0, 0.1) is 38.5 Å². The van der Waals surface area contributed by atoms with Crippen molar-refractivity contribution in [1.82, 2.24) is 16.0 Å². The molecule has 0 heterocycles. The Balaban J connectivity index is 0.000000488. The number of aromatic hydroxyl groups is 3. The van der Waals surface area contributed by atoms with E-state index in [2.05, 4.69) is 41.9 Å². The van der Waals surface area contributed by atoms with E-state index in [1.54, 1.807) is 30.3 Å². The van der Waals surface area contributed by atoms with E-state index in [4.69, 9.17) is 0 Å². The summed E-state index contributed by atoms with van der Waals surface area (Å²) in [6.07, 6.45) is 14.8. The van der Waals surface area contributed by atoms with Crippen molar-refractivity contribution in [3.63, 3.8) is 0 Å². The average molecular weight is 900 g/mol. The number of unbranched alkanes of at least 4 members (excludes halogenated alkanes) is 5. The van der Waals surface area contributed by atoms with Crippen molar-refractivity contribution in [2.45, 2.75) is 172 Å². The maximum Gasteiger partial charge on any atom is 0.220 e. The van der Waals surface area contributed by atoms with Crippen LogP contribution in [0.3, 0.4) is 0 Å². The molecule has 3 aromatic rings. The zero-order chi connectivity index (χ0) is 48.7. The number of aryl methyl sites for hydroxylation is 3. The number of carbonyl (C=O) groups is 5. The molecule has 0 aromatic heterocycles. The third-order valence-corrected chi connectivity index (χ3v) is 10.5. The Bertz CT molecular complexity index is 1930. The third-order valence-electron chi connectivity index (χ3n) is 10.5. The maximum atomic E-state index is 11.7. The molecule has 11 heteroatoms. The van der Waals surface area contributed by atoms with Gasteiger partial charge in [-0.3, -0.25) is 24.0 Å². The molecule has 6 N–H and O–H groups in total. The lowest BCUT2D eigenvalue weighted by Gasteiger charge is -2.07. The van der Waals surface area contributed by atoms with Gasteiger partial charge in [0.2, 0.25) is 17.7 Å². The Labute approximate surface area is 390 Å². The van der Waals surface area contributed by atoms with Gasteiger partial charge in [-0.2, -0.15) is 0 Å². The van der Waals surface area contributed by atoms with Crippen molar-refractivity contribution in [3.8, 4) is 17.2 Å². The second kappa shape index (κ2) is 33.1. The van der Waals surface area contributed by atoms with Crippen LogP contribution in [0.1, 0.15) is 165 Å². The van der Waals surface area contributed by atoms with Gasteiger partial charge in [0.05, 0.1) is 0 Å². The van der Waals surface area contributed by atoms with Gasteiger partial charge < -0.3 is 31.3 Å². The molecule has 3 amide bonds. The molecule has 360 valence electrons. The van der Waals surface area contributed by atoms with Crippen molar-refractivity contribution in [2.24, 2.45) is 17.8 Å². The first kappa shape index (κ1) is 57.6. The number of Topliss-reactive ketones (excluding diaryl/α,β-unsaturated/α-hetero) is 2. The quantitative estimate of drug-likeness (QED) is 0.0340. The number of nitrogens with one attached hydrogen (secondary N) is 3. The van der Waals surface area contributed by atoms with Crippen molar-refractivity contribution in [2.75, 3.05) is 0 Å². The first-order chi connectivity index (χ1) is 30.8. The highest BCUT2D eigenvalue weighted by Crippen LogP contribution is 2.19. The molecule has 0 atom stereocenters. The van der Waals surface area contributed by atoms with Crippen LogP contribution in [0.25, 0.3) is 0 Å². The van der Waals surface area contributed by atoms with Gasteiger partial charge in [-0.25, -0.2) is 0 Å². The fourth-order valence-corrected chi connectivity index (χ4v) is 6.48. The maximum absolute atomic E-state index is 11.7. The van der Waals surface area contributed by atoms with Crippen LogP contribution in [0.2, 0.25) is 0 Å². The average Bonchev–Trinajstić information content (AvgIpc) is 3.24. The second-order valence-electron chi connectivity index (χ2n) is 18.1. The van der Waals surface area contributed by atoms with Gasteiger partial charge in [-0.05, 0) is 129 Å². The minimum Gasteiger partial charge on any atom is -0.508 e. The molecule has 0 aliphatic carbocycles. The lowest BCUT2D eigenvalue weighted by atomic mass is 10.0. The molecule has 0 saturated carbocycles. The van der Waals surface area contributed by atoms with Crippen LogP contribution >= 0.6 is 0 Å². The zero-order valence-electron chi connectivity index (χ0n) is 41.0. The summed E-state index contributed by atoms with van der Waals surface area (Å²) in [5.41, 5.74) is 5.40. The minimum atomic E-state index is 0.00189. The molecule has 0 unspecified atom stereocenters. The smallest absolute Gasteiger partial charge is 0.220 e. The molecule has 0 aliphatic rings. The first-order valence-electron chi connectivity index (χ1n) is 23.6. The molecule has 0 bridgehead atoms. The molecular formula is C54H81N3O8. The van der Waals surface area contributed by atoms with Gasteiger partial charge >= 0.3 is 0 Å². The highest BCUT2D eigenvalue weighted by atomic mass is 16.3. The standard InChI is InChI=1S/2C18H27NO3.C18H27NO2/c1-13(2)10-16(20)6-4-5-7-18(22)19-12-15-8-9-17(21)14(3)11-15;1-13(2)16(20)7-5-4-6-8-18(22)19-12-15-9-10-17(21)14(3)11-15;1-14(2)8-6-4-5-7-9-18(21)19-13-16-10-11-17(20)15(3)12-16/h8-9,11,13,21H,4-7,10,12H2,1-3H3,(H,19,22);9-11,13,21H,4-8,12H2,1-3H3,(H,19,22);6,8,10-12,14,20H,4-5,7,9,13H2,1-3H3,(H,19,21)/b;;8-6+. The van der Waals surface area contributed by atoms with E-state index in [1.807, 2.05) is 72.7 Å². The molecule has 3 aromatic carbocycles. The number of rotatable bonds is 26. The lowest BCUT2D eigenvalue weighted by Crippen LogP contribution is -2.22. The molecule has 0 spiro atoms. The molecule has 0 aliphatic heterocycles. The van der Waals surface area contributed by atoms with Crippen LogP contribution in [0.4, 0.5) is 0 Å². The topological polar surface area (TPSA) is 182 Å². The van der Waals surface area contributed by atoms with Crippen LogP contribution < -0.4 is 16.0 Å². The molecule has 0 radical (unpaired) electrons. The number of benzene rings is 3. The van der Waals surface area contributed by atoms with Gasteiger partial charge in [0.25, 0.3) is 0 Å². The van der Waals surface area contributed by atoms with E-state index in [0.29, 0.717) is 81.5 Å². The van der Waals surface area contributed by atoms with Crippen LogP contribution in [-0.2, 0) is 43.6 Å². The molecule has 3 rings (SSSR count). The largest absolute Gasteiger partial charge is 0.508 e. The highest BCUT2D eigenvalue weighted by molar-refractivity contribution is 5.80. The van der Waals surface area contributed by atoms with Gasteiger partial charge in [-0.1, -0.05) is 96.5 Å². The Morgan fingerprint density at radius 3 is 1.25 bits per heavy atom. The van der Waals surface area contributed by atoms with Crippen molar-refractivity contribution in [3.05, 3.63) is 100 Å². The summed E-state index contributed by atoms with van der Waals surface area (Å²) >= 11 is 0. The zero-order valence-corrected chi connectivity index (χ0v) is 41.0. The molecule has 11 nitrogen and oxygen atoms in total. The normalized spacial score (nSPS) is 10.9. The van der Waals surface area contributed by atoms with E-state index in [-0.39, 0.29) is 40.9 Å². The molecule has 65 heavy (non-hydrogen) atoms. The van der Waals surface area contributed by atoms with Crippen LogP contribution in [0.5, 0.6) is 17.2 Å². The predicted octanol–water partition coefficient (Wildman–Crippen LogP) is 11.1. The number of ketones is 2. The number of amides is 3. The van der Waals surface area contributed by atoms with E-state index < -0.39 is 0 Å². The second-order valence-corrected chi connectivity index (χ2v) is 18.1. The summed E-state index contributed by atoms with van der Waals surface area (Å²) < 4.78 is 0. The summed E-state index contributed by atoms with van der Waals surface area (Å²) in [7, 11) is 0. The summed E-state index contributed by atoms with van der Waals surface area (Å²) in [5.74, 6) is 2.65. The fraction of sp³-hybridized carbons (Fsp3) is 0.537. The van der Waals surface area contributed by atoms with Crippen molar-refractivity contribution >= 4 is 29.3 Å². The number of hydrogen-bond donors (Lipinski definition) is 6. The Hall–Kier alpha value is -5.45. The number of phenolic OH excluding ortho intramolecular Hbond substituents is 3. The summed E-state index contributed by atoms with van der Waals surface area (Å²) in [5, 5.41) is 37.0. The number of phenols is 3. The van der Waals surface area contributed by atoms with Gasteiger partial charge in [0.1, 0.15) is 28.8 Å². The molecular weight excluding hydrogens is 819 g/mol. The van der Waals surface area contributed by atoms with Crippen molar-refractivity contribution < 1.29 is 39.3 Å². The third kappa shape index (κ3) is 28.9. The Kier molecular flexibility index (Phi) is 29.3. The lowest BCUT2D eigenvalue weighted by molar-refractivity contribution is -0.122. The SMILES string of the molecule is Cc1cc(CNC(=O)CCCC/C=C/C(C)C)ccc1O.Cc1cc(CNC(=O)CCCCC(=O)CC(C)C)ccc1O.Cc1cc(CNC(=O)CCCCCC(=O)C(C)C)ccc1O. The van der Waals surface area contributed by atoms with Gasteiger partial charge in [0.15, 0.2) is 0 Å². The summed E-state index contributed by atoms with van der Waals surface area (Å²) in [4.78, 5) is 58.2. The fourth-order valence-electron chi connectivity index (χ4n) is 6.48. The van der Waals surface area contributed by atoms with Crippen LogP contribution in [-0.4, -0.2) is 44.6 Å². The highest BCUT2D eigenvalue weighted by Gasteiger charge is 2.09. The van der Waals surface area contributed by atoms with E-state index >= 15 is 0 Å².